The number of phenolic OH excluding ortho intramolecular Hbond substituents is 2. The number of primary amides is 1. The number of urea groups is 1. The van der Waals surface area contributed by atoms with E-state index in [0.29, 0.717) is 29.4 Å². The first-order valence-corrected chi connectivity index (χ1v) is 49.9. The van der Waals surface area contributed by atoms with Gasteiger partial charge in [0.05, 0.1) is 18.0 Å². The van der Waals surface area contributed by atoms with Crippen molar-refractivity contribution in [2.24, 2.45) is 111 Å². The van der Waals surface area contributed by atoms with Gasteiger partial charge in [0.2, 0.25) is 70.9 Å². The number of phenols is 2. The van der Waals surface area contributed by atoms with Crippen LogP contribution in [0, 0.1) is 5.92 Å². The summed E-state index contributed by atoms with van der Waals surface area (Å²) < 4.78 is 0. The number of carboxylic acids is 1. The number of carbonyl (C=O) groups is 15. The molecule has 52 heteroatoms. The smallest absolute Gasteiger partial charge is 0.326 e. The van der Waals surface area contributed by atoms with Crippen molar-refractivity contribution in [3.05, 3.63) is 108 Å². The highest BCUT2D eigenvalue weighted by molar-refractivity contribution is 8.76. The molecule has 4 aromatic rings. The van der Waals surface area contributed by atoms with Crippen LogP contribution in [0.5, 0.6) is 11.5 Å². The Kier molecular flexibility index (Phi) is 51.6. The number of rotatable bonds is 47. The monoisotopic (exact) mass is 2040 g/mol. The molecule has 14 atom stereocenters. The Bertz CT molecular complexity index is 5040. The molecule has 786 valence electrons. The fraction of sp³-hybridized carbons (Fsp3) is 0.538. The summed E-state index contributed by atoms with van der Waals surface area (Å²) in [5.41, 5.74) is 81.5. The molecule has 2 saturated heterocycles. The molecule has 43 N–H and O–H groups in total. The van der Waals surface area contributed by atoms with Crippen LogP contribution in [0.15, 0.2) is 116 Å². The number of fused-ring (bicyclic) bond motifs is 2. The summed E-state index contributed by atoms with van der Waals surface area (Å²) in [6, 6.07) is 1.89. The molecule has 0 aliphatic carbocycles. The van der Waals surface area contributed by atoms with Crippen molar-refractivity contribution < 1.29 is 87.2 Å². The highest BCUT2D eigenvalue weighted by Gasteiger charge is 2.43. The highest BCUT2D eigenvalue weighted by atomic mass is 33.1. The maximum absolute atomic E-state index is 16.0. The number of carbonyl (C=O) groups excluding carboxylic acids is 14. The van der Waals surface area contributed by atoms with Crippen LogP contribution in [-0.2, 0) is 86.4 Å². The number of amides is 14. The van der Waals surface area contributed by atoms with Gasteiger partial charge in [-0.2, -0.15) is 0 Å². The summed E-state index contributed by atoms with van der Waals surface area (Å²) in [6.07, 6.45) is -1.96. The van der Waals surface area contributed by atoms with Gasteiger partial charge < -0.3 is 164 Å². The number of nitrogens with zero attached hydrogens (tertiary/aromatic N) is 6. The molecule has 0 radical (unpaired) electrons. The van der Waals surface area contributed by atoms with E-state index in [2.05, 4.69) is 88.8 Å². The standard InChI is InChI=1S/C91H142N32O18S2/c92-35-5-3-17-61-77(131)117-65(18-4-6-36-93)84(138)123-43-13-24-71(123)83(137)121-68(46-52-28-33-58(125)34-29-52)80(134)115-63(21-10-39-108-88(99)100)75(129)112-60(19-8-42-111-91(105)141)72(126)48-56(73(127)118-66(85(139)140)23-12-41-110-90(103)104)49-142-143-50-70(82(136)120-67(45-51-26-31-57(124)32-27-51)79(133)116-64(76(130)114-61)22-11-40-109-89(101)102)122-81(135)69(47-53-25-30-54-14-1-2-15-55(54)44-53)119-78(132)62(20-9-38-107-87(97)98)113-74(128)59(94)16-7-37-106-86(95)96/h1-2,14-15,25-34,44,56,59-71,124-125H,3-13,16-24,35-43,45-50,92-94H2,(H,112,129)(H,113,128)(H,114,130)(H,115,134)(H,116,133)(H,117,131)(H,118,127)(H,119,132)(H,120,136)(H,121,137)(H,122,135)(H,139,140)(H4,95,96,106)(H4,97,98,107)(H4,99,100,108)(H4,101,102,109)(H4,103,104,110)(H3,105,111,141)/t56-,59-,60-,61-,62-,63-,64-,65+,66-,67-,68-,69-,70-,71-/m0/s1. The van der Waals surface area contributed by atoms with E-state index in [4.69, 9.17) is 80.3 Å². The summed E-state index contributed by atoms with van der Waals surface area (Å²) in [5, 5.41) is 65.5. The third kappa shape index (κ3) is 43.8. The number of carboxylic acid groups (broad SMARTS) is 1. The van der Waals surface area contributed by atoms with Crippen molar-refractivity contribution in [1.29, 1.82) is 0 Å². The number of aliphatic carboxylic acids is 1. The van der Waals surface area contributed by atoms with Crippen molar-refractivity contribution >= 4 is 151 Å². The molecule has 0 spiro atoms. The first-order chi connectivity index (χ1) is 68.2. The molecule has 2 aliphatic heterocycles. The number of nitrogens with one attached hydrogen (secondary N) is 12. The van der Waals surface area contributed by atoms with E-state index >= 15 is 57.5 Å². The van der Waals surface area contributed by atoms with Gasteiger partial charge in [-0.25, -0.2) is 9.59 Å². The minimum atomic E-state index is -1.88. The topological polar surface area (TPSA) is 890 Å². The molecular weight excluding hydrogens is 1890 g/mol. The third-order valence-corrected chi connectivity index (χ3v) is 25.7. The number of aromatic hydroxyl groups is 2. The SMILES string of the molecule is NCCCC[C@@H]1NC(=O)[C@H](CCCN=C(N)N)NC(=O)[C@H](Cc2ccc(O)cc2)NC(=O)[C@@H](NC(=O)[C@H](Cc2ccc3ccccc3c2)NC(=O)[C@H](CCCN=C(N)N)NC(=O)[C@@H](N)CCCN=C(N)N)CSSC[C@@H](C(=O)N[C@@H](CCCN=C(N)N)C(=O)O)CC(=O)[C@H](CCCNC(N)=O)NC(=O)[C@H](CCCN=C(N)N)NC(=O)[C@H](Cc2ccc(O)cc2)NC(=O)[C@@H]2CCCN2C(=O)[C@@H](CCCCN)NC1=O. The molecule has 0 saturated carbocycles. The summed E-state index contributed by atoms with van der Waals surface area (Å²) in [6.45, 7) is -0.244. The molecule has 0 aromatic heterocycles. The zero-order chi connectivity index (χ0) is 105. The quantitative estimate of drug-likeness (QED) is 0.00847. The minimum absolute atomic E-state index is 0.0101. The van der Waals surface area contributed by atoms with Gasteiger partial charge in [-0.15, -0.1) is 0 Å². The van der Waals surface area contributed by atoms with Crippen molar-refractivity contribution in [1.82, 2.24) is 68.7 Å². The molecule has 6 rings (SSSR count). The Morgan fingerprint density at radius 2 is 0.860 bits per heavy atom. The summed E-state index contributed by atoms with van der Waals surface area (Å²) in [7, 11) is 1.59. The lowest BCUT2D eigenvalue weighted by molar-refractivity contribution is -0.143. The average molecular weight is 2040 g/mol. The zero-order valence-electron chi connectivity index (χ0n) is 80.0. The van der Waals surface area contributed by atoms with Gasteiger partial charge in [0.15, 0.2) is 35.6 Å². The number of Topliss-reactive ketones (excluding diaryl/α,β-unsaturated/α-hetero) is 1. The summed E-state index contributed by atoms with van der Waals surface area (Å²) in [4.78, 5) is 246. The van der Waals surface area contributed by atoms with Gasteiger partial charge in [0.1, 0.15) is 78.0 Å². The Hall–Kier alpha value is -14.3. The van der Waals surface area contributed by atoms with Gasteiger partial charge in [0.25, 0.3) is 0 Å². The van der Waals surface area contributed by atoms with Gasteiger partial charge in [-0.3, -0.25) is 87.3 Å². The second kappa shape index (κ2) is 62.8. The first-order valence-electron chi connectivity index (χ1n) is 47.4. The van der Waals surface area contributed by atoms with Crippen LogP contribution in [0.1, 0.15) is 152 Å². The van der Waals surface area contributed by atoms with E-state index in [1.165, 1.54) is 53.4 Å². The Labute approximate surface area is 835 Å². The molecule has 143 heavy (non-hydrogen) atoms. The maximum Gasteiger partial charge on any atom is 0.326 e. The van der Waals surface area contributed by atoms with Crippen LogP contribution < -0.4 is 144 Å². The van der Waals surface area contributed by atoms with Gasteiger partial charge >= 0.3 is 12.0 Å². The van der Waals surface area contributed by atoms with Crippen molar-refractivity contribution in [3.8, 4) is 11.5 Å². The fourth-order valence-electron chi connectivity index (χ4n) is 15.6. The number of hydrogen-bond donors (Lipinski definition) is 29. The number of guanidine groups is 5. The van der Waals surface area contributed by atoms with E-state index in [9.17, 15) is 29.7 Å². The van der Waals surface area contributed by atoms with Gasteiger partial charge in [-0.05, 0) is 193 Å². The minimum Gasteiger partial charge on any atom is -0.508 e. The van der Waals surface area contributed by atoms with Crippen LogP contribution in [0.3, 0.4) is 0 Å². The van der Waals surface area contributed by atoms with Crippen molar-refractivity contribution in [2.75, 3.05) is 70.4 Å². The predicted octanol–water partition coefficient (Wildman–Crippen LogP) is -6.04. The van der Waals surface area contributed by atoms with Crippen molar-refractivity contribution in [3.63, 3.8) is 0 Å². The maximum atomic E-state index is 16.0. The predicted molar refractivity (Wildman–Crippen MR) is 543 cm³/mol. The highest BCUT2D eigenvalue weighted by Crippen LogP contribution is 2.29. The molecule has 2 fully saturated rings. The second-order valence-electron chi connectivity index (χ2n) is 34.6. The normalized spacial score (nSPS) is 20.3. The van der Waals surface area contributed by atoms with E-state index in [0.717, 1.165) is 27.0 Å². The average Bonchev–Trinajstić information content (AvgIpc) is 1.72. The van der Waals surface area contributed by atoms with Crippen LogP contribution in [0.25, 0.3) is 10.8 Å². The number of aliphatic imine (C=N–C) groups is 5. The van der Waals surface area contributed by atoms with Crippen LogP contribution in [0.4, 0.5) is 4.79 Å². The molecule has 0 unspecified atom stereocenters. The summed E-state index contributed by atoms with van der Waals surface area (Å²) >= 11 is 0. The molecule has 2 aliphatic rings. The van der Waals surface area contributed by atoms with Gasteiger partial charge in [0, 0.05) is 83.0 Å². The fourth-order valence-corrected chi connectivity index (χ4v) is 18.1. The Morgan fingerprint density at radius 3 is 1.36 bits per heavy atom. The van der Waals surface area contributed by atoms with Gasteiger partial charge in [-0.1, -0.05) is 88.3 Å². The Morgan fingerprint density at radius 1 is 0.434 bits per heavy atom. The van der Waals surface area contributed by atoms with E-state index in [-0.39, 0.29) is 234 Å². The number of ketones is 1. The van der Waals surface area contributed by atoms with Crippen molar-refractivity contribution in [2.45, 2.75) is 233 Å². The number of unbranched alkanes of at least 4 members (excludes halogenated alkanes) is 2. The van der Waals surface area contributed by atoms with Crippen LogP contribution in [0.2, 0.25) is 0 Å². The zero-order valence-corrected chi connectivity index (χ0v) is 81.7. The van der Waals surface area contributed by atoms with E-state index < -0.39 is 197 Å². The lowest BCUT2D eigenvalue weighted by Crippen LogP contribution is -2.61. The Balaban J connectivity index is 1.62. The molecule has 50 nitrogen and oxygen atoms in total. The third-order valence-electron chi connectivity index (χ3n) is 23.2. The molecular formula is C91H142N32O18S2. The van der Waals surface area contributed by atoms with Crippen LogP contribution >= 0.6 is 21.6 Å². The molecule has 14 amide bonds. The first kappa shape index (κ1) is 117. The second-order valence-corrected chi connectivity index (χ2v) is 37.2. The lowest BCUT2D eigenvalue weighted by Gasteiger charge is -2.31. The molecule has 0 bridgehead atoms. The number of hydrogen-bond acceptors (Lipinski definition) is 27. The number of nitrogens with two attached hydrogens (primary N) is 14. The molecule has 2 heterocycles. The van der Waals surface area contributed by atoms with E-state index in [1.807, 2.05) is 6.07 Å². The van der Waals surface area contributed by atoms with E-state index in [1.54, 1.807) is 36.4 Å². The van der Waals surface area contributed by atoms with Crippen LogP contribution in [-0.4, -0.2) is 288 Å². The largest absolute Gasteiger partial charge is 0.508 e. The molecule has 4 aromatic carbocycles. The number of benzene rings is 4. The summed E-state index contributed by atoms with van der Waals surface area (Å²) in [5.74, 6) is -18.6. The lowest BCUT2D eigenvalue weighted by atomic mass is 9.95.